The molecule has 1 aromatic rings. The Kier molecular flexibility index (Phi) is 3.34. The van der Waals surface area contributed by atoms with E-state index >= 15 is 0 Å². The molecule has 114 valence electrons. The Bertz CT molecular complexity index is 783. The highest BCUT2D eigenvalue weighted by Gasteiger charge is 2.38. The van der Waals surface area contributed by atoms with Crippen LogP contribution in [0, 0.1) is 23.2 Å². The maximum atomic E-state index is 12.1. The normalized spacial score (nSPS) is 29.1. The summed E-state index contributed by atoms with van der Waals surface area (Å²) in [7, 11) is 0. The van der Waals surface area contributed by atoms with Crippen molar-refractivity contribution in [1.29, 1.82) is 5.26 Å². The van der Waals surface area contributed by atoms with Gasteiger partial charge in [-0.05, 0) is 60.1 Å². The van der Waals surface area contributed by atoms with Gasteiger partial charge >= 0.3 is 0 Å². The van der Waals surface area contributed by atoms with Crippen molar-refractivity contribution in [3.63, 3.8) is 0 Å². The summed E-state index contributed by atoms with van der Waals surface area (Å²) in [4.78, 5) is 16.2. The molecule has 4 heteroatoms. The number of piperidine rings is 1. The quantitative estimate of drug-likeness (QED) is 0.867. The van der Waals surface area contributed by atoms with Gasteiger partial charge in [0.15, 0.2) is 0 Å². The van der Waals surface area contributed by atoms with Gasteiger partial charge in [0.05, 0.1) is 6.07 Å². The summed E-state index contributed by atoms with van der Waals surface area (Å²) in [5.41, 5.74) is 3.84. The lowest BCUT2D eigenvalue weighted by Gasteiger charge is -2.38. The van der Waals surface area contributed by atoms with E-state index < -0.39 is 0 Å². The van der Waals surface area contributed by atoms with Crippen LogP contribution in [-0.4, -0.2) is 17.4 Å². The van der Waals surface area contributed by atoms with Gasteiger partial charge in [-0.25, -0.2) is 0 Å². The molecule has 0 saturated carbocycles. The standard InChI is InChI=1S/C19H17N3O/c20-11-12-7-15-10-18-14(3-6-22-19(18)23)9-17(15)16(8-12)13-1-4-21-5-2-13/h1-2,4-5,7-8,10,14,16-17H,3,6,9H2,(H,22,23). The molecule has 2 aliphatic carbocycles. The fourth-order valence-electron chi connectivity index (χ4n) is 3.98. The summed E-state index contributed by atoms with van der Waals surface area (Å²) in [5, 5.41) is 12.3. The topological polar surface area (TPSA) is 65.8 Å². The number of pyridine rings is 1. The third kappa shape index (κ3) is 2.39. The molecule has 1 aliphatic heterocycles. The van der Waals surface area contributed by atoms with Crippen LogP contribution in [0.15, 0.2) is 59.5 Å². The Balaban J connectivity index is 1.78. The van der Waals surface area contributed by atoms with Crippen molar-refractivity contribution in [3.05, 3.63) is 65.0 Å². The summed E-state index contributed by atoms with van der Waals surface area (Å²) in [6, 6.07) is 6.30. The van der Waals surface area contributed by atoms with Gasteiger partial charge in [-0.2, -0.15) is 5.26 Å². The molecule has 1 saturated heterocycles. The van der Waals surface area contributed by atoms with E-state index in [9.17, 15) is 10.1 Å². The van der Waals surface area contributed by atoms with E-state index in [1.807, 2.05) is 24.3 Å². The second-order valence-corrected chi connectivity index (χ2v) is 6.37. The van der Waals surface area contributed by atoms with Crippen molar-refractivity contribution < 1.29 is 4.79 Å². The number of rotatable bonds is 1. The molecule has 2 heterocycles. The lowest BCUT2D eigenvalue weighted by Crippen LogP contribution is -2.39. The van der Waals surface area contributed by atoms with Crippen molar-refractivity contribution in [2.45, 2.75) is 18.8 Å². The molecule has 4 rings (SSSR count). The van der Waals surface area contributed by atoms with Crippen LogP contribution in [0.4, 0.5) is 0 Å². The summed E-state index contributed by atoms with van der Waals surface area (Å²) in [5.74, 6) is 0.881. The van der Waals surface area contributed by atoms with E-state index in [2.05, 4.69) is 22.4 Å². The van der Waals surface area contributed by atoms with Crippen LogP contribution < -0.4 is 5.32 Å². The van der Waals surface area contributed by atoms with Crippen LogP contribution in [0.5, 0.6) is 0 Å². The van der Waals surface area contributed by atoms with E-state index in [4.69, 9.17) is 0 Å². The number of carbonyl (C=O) groups is 1. The van der Waals surface area contributed by atoms with Crippen molar-refractivity contribution in [2.75, 3.05) is 6.54 Å². The molecule has 4 nitrogen and oxygen atoms in total. The third-order valence-electron chi connectivity index (χ3n) is 5.10. The number of amides is 1. The maximum Gasteiger partial charge on any atom is 0.247 e. The number of nitrogens with one attached hydrogen (secondary N) is 1. The Morgan fingerprint density at radius 3 is 2.87 bits per heavy atom. The molecule has 3 atom stereocenters. The third-order valence-corrected chi connectivity index (χ3v) is 5.10. The van der Waals surface area contributed by atoms with Gasteiger partial charge in [0, 0.05) is 36.0 Å². The zero-order chi connectivity index (χ0) is 15.8. The van der Waals surface area contributed by atoms with Crippen molar-refractivity contribution in [3.8, 4) is 6.07 Å². The van der Waals surface area contributed by atoms with Crippen LogP contribution in [0.3, 0.4) is 0 Å². The summed E-state index contributed by atoms with van der Waals surface area (Å²) < 4.78 is 0. The first kappa shape index (κ1) is 14.0. The zero-order valence-electron chi connectivity index (χ0n) is 12.7. The monoisotopic (exact) mass is 303 g/mol. The van der Waals surface area contributed by atoms with Crippen molar-refractivity contribution in [1.82, 2.24) is 10.3 Å². The molecule has 1 aromatic heterocycles. The second-order valence-electron chi connectivity index (χ2n) is 6.37. The average molecular weight is 303 g/mol. The van der Waals surface area contributed by atoms with Gasteiger partial charge in [-0.3, -0.25) is 9.78 Å². The highest BCUT2D eigenvalue weighted by Crippen LogP contribution is 2.46. The highest BCUT2D eigenvalue weighted by atomic mass is 16.1. The van der Waals surface area contributed by atoms with Crippen LogP contribution in [-0.2, 0) is 4.79 Å². The molecule has 0 bridgehead atoms. The van der Waals surface area contributed by atoms with Crippen LogP contribution >= 0.6 is 0 Å². The fraction of sp³-hybridized carbons (Fsp3) is 0.316. The Morgan fingerprint density at radius 1 is 1.26 bits per heavy atom. The minimum Gasteiger partial charge on any atom is -0.352 e. The second kappa shape index (κ2) is 5.51. The maximum absolute atomic E-state index is 12.1. The first-order valence-corrected chi connectivity index (χ1v) is 7.99. The Morgan fingerprint density at radius 2 is 2.09 bits per heavy atom. The van der Waals surface area contributed by atoms with Gasteiger partial charge < -0.3 is 5.32 Å². The van der Waals surface area contributed by atoms with E-state index in [0.29, 0.717) is 17.4 Å². The van der Waals surface area contributed by atoms with Crippen LogP contribution in [0.1, 0.15) is 24.3 Å². The number of carbonyl (C=O) groups excluding carboxylic acids is 1. The fourth-order valence-corrected chi connectivity index (χ4v) is 3.98. The molecule has 3 aliphatic rings. The minimum absolute atomic E-state index is 0.0501. The molecule has 3 unspecified atom stereocenters. The van der Waals surface area contributed by atoms with Crippen LogP contribution in [0.2, 0.25) is 0 Å². The van der Waals surface area contributed by atoms with E-state index in [0.717, 1.165) is 30.5 Å². The van der Waals surface area contributed by atoms with E-state index in [-0.39, 0.29) is 11.8 Å². The molecular formula is C19H17N3O. The predicted octanol–water partition coefficient (Wildman–Crippen LogP) is 2.64. The molecular weight excluding hydrogens is 286 g/mol. The van der Waals surface area contributed by atoms with Crippen LogP contribution in [0.25, 0.3) is 0 Å². The minimum atomic E-state index is 0.0501. The van der Waals surface area contributed by atoms with Gasteiger partial charge in [0.25, 0.3) is 0 Å². The van der Waals surface area contributed by atoms with E-state index in [1.165, 1.54) is 5.56 Å². The van der Waals surface area contributed by atoms with Crippen molar-refractivity contribution >= 4 is 5.91 Å². The van der Waals surface area contributed by atoms with Gasteiger partial charge in [0.1, 0.15) is 0 Å². The van der Waals surface area contributed by atoms with Crippen molar-refractivity contribution in [2.24, 2.45) is 11.8 Å². The lowest BCUT2D eigenvalue weighted by atomic mass is 9.66. The lowest BCUT2D eigenvalue weighted by molar-refractivity contribution is -0.119. The number of aromatic nitrogens is 1. The molecule has 1 fully saturated rings. The summed E-state index contributed by atoms with van der Waals surface area (Å²) in [6.07, 6.45) is 11.6. The van der Waals surface area contributed by atoms with Gasteiger partial charge in [-0.1, -0.05) is 6.08 Å². The number of allylic oxidation sites excluding steroid dienone is 5. The largest absolute Gasteiger partial charge is 0.352 e. The molecule has 1 N–H and O–H groups in total. The molecule has 0 aromatic carbocycles. The number of nitriles is 1. The average Bonchev–Trinajstić information content (AvgIpc) is 2.60. The number of fused-ring (bicyclic) bond motifs is 2. The SMILES string of the molecule is N#CC1=CC(c2ccncc2)C2CC3CCNC(=O)C3=CC2=C1. The molecule has 23 heavy (non-hydrogen) atoms. The molecule has 0 radical (unpaired) electrons. The molecule has 0 spiro atoms. The van der Waals surface area contributed by atoms with Gasteiger partial charge in [0.2, 0.25) is 5.91 Å². The number of hydrogen-bond donors (Lipinski definition) is 1. The number of hydrogen-bond acceptors (Lipinski definition) is 3. The number of nitrogens with zero attached hydrogens (tertiary/aromatic N) is 2. The Labute approximate surface area is 135 Å². The van der Waals surface area contributed by atoms with Gasteiger partial charge in [-0.15, -0.1) is 0 Å². The first-order chi connectivity index (χ1) is 11.3. The Hall–Kier alpha value is -2.67. The summed E-state index contributed by atoms with van der Waals surface area (Å²) >= 11 is 0. The smallest absolute Gasteiger partial charge is 0.247 e. The molecule has 1 amide bonds. The predicted molar refractivity (Wildman–Crippen MR) is 86.1 cm³/mol. The highest BCUT2D eigenvalue weighted by molar-refractivity contribution is 5.95. The summed E-state index contributed by atoms with van der Waals surface area (Å²) in [6.45, 7) is 0.756. The van der Waals surface area contributed by atoms with E-state index in [1.54, 1.807) is 12.4 Å². The first-order valence-electron chi connectivity index (χ1n) is 7.99. The zero-order valence-corrected chi connectivity index (χ0v) is 12.7.